The lowest BCUT2D eigenvalue weighted by atomic mass is 9.97. The Morgan fingerprint density at radius 1 is 1.29 bits per heavy atom. The third-order valence-corrected chi connectivity index (χ3v) is 5.28. The third-order valence-electron chi connectivity index (χ3n) is 4.34. The van der Waals surface area contributed by atoms with Crippen LogP contribution >= 0.6 is 0 Å². The molecule has 1 N–H and O–H groups in total. The van der Waals surface area contributed by atoms with Gasteiger partial charge in [-0.1, -0.05) is 0 Å². The molecule has 1 aromatic heterocycles. The second-order valence-corrected chi connectivity index (χ2v) is 7.45. The molecule has 0 bridgehead atoms. The van der Waals surface area contributed by atoms with Gasteiger partial charge in [0, 0.05) is 59.7 Å². The number of urea groups is 1. The highest BCUT2D eigenvalue weighted by Crippen LogP contribution is 2.20. The highest BCUT2D eigenvalue weighted by molar-refractivity contribution is 7.84. The number of anilines is 1. The summed E-state index contributed by atoms with van der Waals surface area (Å²) in [6.45, 7) is 2.43. The van der Waals surface area contributed by atoms with E-state index in [0.717, 1.165) is 43.1 Å². The first-order valence-electron chi connectivity index (χ1n) is 8.08. The number of nitrogens with one attached hydrogen (secondary N) is 1. The first-order valence-corrected chi connectivity index (χ1v) is 9.64. The fourth-order valence-electron chi connectivity index (χ4n) is 2.92. The fourth-order valence-corrected chi connectivity index (χ4v) is 3.44. The zero-order valence-corrected chi connectivity index (χ0v) is 14.5. The molecule has 1 aliphatic rings. The number of amides is 2. The van der Waals surface area contributed by atoms with E-state index in [1.54, 1.807) is 36.7 Å². The first kappa shape index (κ1) is 16.7. The summed E-state index contributed by atoms with van der Waals surface area (Å²) in [5.74, 6) is 0.563. The molecule has 1 aliphatic heterocycles. The number of aromatic nitrogens is 2. The topological polar surface area (TPSA) is 67.2 Å². The Morgan fingerprint density at radius 3 is 2.58 bits per heavy atom. The average molecular weight is 346 g/mol. The van der Waals surface area contributed by atoms with Crippen LogP contribution in [0.2, 0.25) is 0 Å². The Bertz CT molecular complexity index is 692. The number of carbonyl (C=O) groups is 1. The van der Waals surface area contributed by atoms with Gasteiger partial charge in [0.05, 0.1) is 0 Å². The van der Waals surface area contributed by atoms with Gasteiger partial charge in [-0.05, 0) is 49.1 Å². The van der Waals surface area contributed by atoms with Crippen LogP contribution in [0.3, 0.4) is 0 Å². The fraction of sp³-hybridized carbons (Fsp3) is 0.412. The highest BCUT2D eigenvalue weighted by atomic mass is 32.2. The van der Waals surface area contributed by atoms with Crippen LogP contribution in [0, 0.1) is 5.92 Å². The standard InChI is InChI=1S/C17H22N4O2S/c1-24(23)16-5-3-15(4-6-16)19-17(22)20-11-7-14(8-12-20)13-21-10-2-9-18-21/h2-6,9-10,14H,7-8,11-13H2,1H3,(H,19,22)/t24-/m1/s1. The lowest BCUT2D eigenvalue weighted by Gasteiger charge is -2.32. The summed E-state index contributed by atoms with van der Waals surface area (Å²) in [4.78, 5) is 15.0. The normalized spacial score (nSPS) is 16.8. The molecular weight excluding hydrogens is 324 g/mol. The van der Waals surface area contributed by atoms with E-state index in [9.17, 15) is 9.00 Å². The molecule has 1 atom stereocenters. The van der Waals surface area contributed by atoms with Gasteiger partial charge < -0.3 is 10.2 Å². The van der Waals surface area contributed by atoms with Gasteiger partial charge >= 0.3 is 6.03 Å². The average Bonchev–Trinajstić information content (AvgIpc) is 3.09. The summed E-state index contributed by atoms with van der Waals surface area (Å²) in [5, 5.41) is 7.15. The number of benzene rings is 1. The minimum absolute atomic E-state index is 0.0714. The van der Waals surface area contributed by atoms with Gasteiger partial charge in [0.15, 0.2) is 0 Å². The number of carbonyl (C=O) groups excluding carboxylic acids is 1. The van der Waals surface area contributed by atoms with Crippen molar-refractivity contribution in [2.24, 2.45) is 5.92 Å². The molecule has 6 nitrogen and oxygen atoms in total. The van der Waals surface area contributed by atoms with Crippen LogP contribution in [0.15, 0.2) is 47.6 Å². The molecule has 0 unspecified atom stereocenters. The molecule has 128 valence electrons. The second-order valence-electron chi connectivity index (χ2n) is 6.07. The Hall–Kier alpha value is -2.15. The van der Waals surface area contributed by atoms with Crippen LogP contribution in [-0.2, 0) is 17.3 Å². The van der Waals surface area contributed by atoms with Crippen molar-refractivity contribution in [2.75, 3.05) is 24.7 Å². The number of likely N-dealkylation sites (tertiary alicyclic amines) is 1. The Labute approximate surface area is 144 Å². The van der Waals surface area contributed by atoms with Gasteiger partial charge in [-0.15, -0.1) is 0 Å². The van der Waals surface area contributed by atoms with Crippen LogP contribution in [0.25, 0.3) is 0 Å². The predicted octanol–water partition coefficient (Wildman–Crippen LogP) is 2.56. The Morgan fingerprint density at radius 2 is 2.00 bits per heavy atom. The molecule has 7 heteroatoms. The van der Waals surface area contributed by atoms with E-state index in [1.807, 2.05) is 21.8 Å². The highest BCUT2D eigenvalue weighted by Gasteiger charge is 2.23. The Balaban J connectivity index is 1.49. The van der Waals surface area contributed by atoms with E-state index in [-0.39, 0.29) is 6.03 Å². The van der Waals surface area contributed by atoms with Crippen molar-refractivity contribution in [3.63, 3.8) is 0 Å². The first-order chi connectivity index (χ1) is 11.6. The minimum Gasteiger partial charge on any atom is -0.325 e. The molecule has 0 aliphatic carbocycles. The van der Waals surface area contributed by atoms with E-state index in [2.05, 4.69) is 10.4 Å². The lowest BCUT2D eigenvalue weighted by molar-refractivity contribution is 0.175. The maximum atomic E-state index is 12.3. The number of rotatable bonds is 4. The molecule has 1 aromatic carbocycles. The molecular formula is C17H22N4O2S. The van der Waals surface area contributed by atoms with E-state index in [1.165, 1.54) is 0 Å². The second kappa shape index (κ2) is 7.61. The minimum atomic E-state index is -1.00. The summed E-state index contributed by atoms with van der Waals surface area (Å²) in [6.07, 6.45) is 7.39. The molecule has 0 spiro atoms. The number of piperidine rings is 1. The summed E-state index contributed by atoms with van der Waals surface area (Å²) in [5.41, 5.74) is 0.730. The van der Waals surface area contributed by atoms with Crippen molar-refractivity contribution in [1.82, 2.24) is 14.7 Å². The SMILES string of the molecule is C[S@@](=O)c1ccc(NC(=O)N2CCC(Cn3cccn3)CC2)cc1. The van der Waals surface area contributed by atoms with Crippen molar-refractivity contribution < 1.29 is 9.00 Å². The predicted molar refractivity (Wildman–Crippen MR) is 94.3 cm³/mol. The monoisotopic (exact) mass is 346 g/mol. The molecule has 3 rings (SSSR count). The van der Waals surface area contributed by atoms with Gasteiger partial charge in [-0.3, -0.25) is 8.89 Å². The largest absolute Gasteiger partial charge is 0.325 e. The van der Waals surface area contributed by atoms with Gasteiger partial charge in [0.2, 0.25) is 0 Å². The van der Waals surface area contributed by atoms with Crippen LogP contribution in [0.5, 0.6) is 0 Å². The van der Waals surface area contributed by atoms with Crippen LogP contribution in [-0.4, -0.2) is 44.3 Å². The van der Waals surface area contributed by atoms with Crippen molar-refractivity contribution in [1.29, 1.82) is 0 Å². The van der Waals surface area contributed by atoms with Crippen LogP contribution in [0.4, 0.5) is 10.5 Å². The quantitative estimate of drug-likeness (QED) is 0.925. The van der Waals surface area contributed by atoms with Gasteiger partial charge in [0.1, 0.15) is 0 Å². The molecule has 24 heavy (non-hydrogen) atoms. The van der Waals surface area contributed by atoms with Crippen molar-refractivity contribution in [2.45, 2.75) is 24.3 Å². The molecule has 1 saturated heterocycles. The van der Waals surface area contributed by atoms with E-state index >= 15 is 0 Å². The Kier molecular flexibility index (Phi) is 5.30. The zero-order valence-electron chi connectivity index (χ0n) is 13.7. The molecule has 1 fully saturated rings. The van der Waals surface area contributed by atoms with E-state index in [4.69, 9.17) is 0 Å². The van der Waals surface area contributed by atoms with E-state index in [0.29, 0.717) is 5.92 Å². The molecule has 2 heterocycles. The molecule has 2 amide bonds. The van der Waals surface area contributed by atoms with E-state index < -0.39 is 10.8 Å². The number of hydrogen-bond donors (Lipinski definition) is 1. The summed E-state index contributed by atoms with van der Waals surface area (Å²) < 4.78 is 13.3. The number of hydrogen-bond acceptors (Lipinski definition) is 3. The molecule has 2 aromatic rings. The summed E-state index contributed by atoms with van der Waals surface area (Å²) in [7, 11) is -1.00. The summed E-state index contributed by atoms with van der Waals surface area (Å²) >= 11 is 0. The van der Waals surface area contributed by atoms with Crippen molar-refractivity contribution in [3.05, 3.63) is 42.7 Å². The van der Waals surface area contributed by atoms with Gasteiger partial charge in [0.25, 0.3) is 0 Å². The molecule has 0 radical (unpaired) electrons. The van der Waals surface area contributed by atoms with Gasteiger partial charge in [-0.2, -0.15) is 5.10 Å². The van der Waals surface area contributed by atoms with Crippen LogP contribution < -0.4 is 5.32 Å². The number of nitrogens with zero attached hydrogens (tertiary/aromatic N) is 3. The van der Waals surface area contributed by atoms with Crippen LogP contribution in [0.1, 0.15) is 12.8 Å². The zero-order chi connectivity index (χ0) is 16.9. The van der Waals surface area contributed by atoms with Crippen molar-refractivity contribution >= 4 is 22.5 Å². The molecule has 0 saturated carbocycles. The maximum Gasteiger partial charge on any atom is 0.321 e. The van der Waals surface area contributed by atoms with Crippen molar-refractivity contribution in [3.8, 4) is 0 Å². The van der Waals surface area contributed by atoms with Gasteiger partial charge in [-0.25, -0.2) is 4.79 Å². The third kappa shape index (κ3) is 4.23. The maximum absolute atomic E-state index is 12.3. The smallest absolute Gasteiger partial charge is 0.321 e. The lowest BCUT2D eigenvalue weighted by Crippen LogP contribution is -2.41. The summed E-state index contributed by atoms with van der Waals surface area (Å²) in [6, 6.07) is 9.00.